The average Bonchev–Trinajstić information content (AvgIpc) is 3.18. The van der Waals surface area contributed by atoms with Gasteiger partial charge in [-0.2, -0.15) is 4.68 Å². The topological polar surface area (TPSA) is 125 Å². The number of carbonyl (C=O) groups excluding carboxylic acids is 1. The number of benzene rings is 2. The Morgan fingerprint density at radius 3 is 2.83 bits per heavy atom. The number of rotatable bonds is 8. The number of hydrogen-bond donors (Lipinski definition) is 1. The van der Waals surface area contributed by atoms with Crippen molar-refractivity contribution >= 4 is 29.0 Å². The van der Waals surface area contributed by atoms with Crippen molar-refractivity contribution in [2.75, 3.05) is 17.7 Å². The summed E-state index contributed by atoms with van der Waals surface area (Å²) in [4.78, 5) is 23.2. The smallest absolute Gasteiger partial charge is 0.296 e. The highest BCUT2D eigenvalue weighted by Crippen LogP contribution is 2.29. The summed E-state index contributed by atoms with van der Waals surface area (Å²) in [6, 6.07) is 10.1. The van der Waals surface area contributed by atoms with Gasteiger partial charge in [0.25, 0.3) is 5.69 Å². The third-order valence-corrected chi connectivity index (χ3v) is 5.25. The van der Waals surface area contributed by atoms with Crippen LogP contribution < -0.4 is 10.1 Å². The number of nitrogens with zero attached hydrogens (tertiary/aromatic N) is 5. The Bertz CT molecular complexity index is 1080. The molecule has 0 atom stereocenters. The first kappa shape index (κ1) is 21.2. The zero-order valence-electron chi connectivity index (χ0n) is 16.7. The minimum absolute atomic E-state index is 0.0183. The highest BCUT2D eigenvalue weighted by Gasteiger charge is 2.19. The van der Waals surface area contributed by atoms with E-state index < -0.39 is 10.8 Å². The van der Waals surface area contributed by atoms with Gasteiger partial charge in [-0.25, -0.2) is 0 Å². The molecule has 0 spiro atoms. The maximum Gasteiger partial charge on any atom is 0.296 e. The molecule has 0 bridgehead atoms. The van der Waals surface area contributed by atoms with E-state index in [1.807, 2.05) is 32.0 Å². The summed E-state index contributed by atoms with van der Waals surface area (Å²) in [5.74, 6) is -0.0673. The van der Waals surface area contributed by atoms with Gasteiger partial charge in [0.1, 0.15) is 11.4 Å². The number of tetrazole rings is 1. The van der Waals surface area contributed by atoms with Crippen molar-refractivity contribution in [3.8, 4) is 11.4 Å². The Balaban J connectivity index is 1.72. The van der Waals surface area contributed by atoms with Crippen LogP contribution in [0.25, 0.3) is 5.69 Å². The second-order valence-electron chi connectivity index (χ2n) is 6.30. The van der Waals surface area contributed by atoms with Gasteiger partial charge in [-0.05, 0) is 60.5 Å². The largest absolute Gasteiger partial charge is 0.494 e. The zero-order valence-corrected chi connectivity index (χ0v) is 17.5. The third kappa shape index (κ3) is 4.74. The molecule has 0 saturated heterocycles. The SMILES string of the molecule is CCOc1ccc(NC(=O)CSc2nnnn2-c2cccc(C)c2C)c([N+](=O)[O-])c1. The summed E-state index contributed by atoms with van der Waals surface area (Å²) in [5, 5.41) is 26.0. The van der Waals surface area contributed by atoms with Crippen LogP contribution in [0.2, 0.25) is 0 Å². The van der Waals surface area contributed by atoms with Gasteiger partial charge in [-0.15, -0.1) is 5.10 Å². The number of amides is 1. The van der Waals surface area contributed by atoms with Crippen LogP contribution >= 0.6 is 11.8 Å². The lowest BCUT2D eigenvalue weighted by atomic mass is 10.1. The Labute approximate surface area is 176 Å². The molecule has 3 aromatic rings. The van der Waals surface area contributed by atoms with Gasteiger partial charge >= 0.3 is 0 Å². The molecule has 2 aromatic carbocycles. The molecule has 1 N–H and O–H groups in total. The predicted octanol–water partition coefficient (Wildman–Crippen LogP) is 3.32. The fraction of sp³-hybridized carbons (Fsp3) is 0.263. The van der Waals surface area contributed by atoms with E-state index in [1.165, 1.54) is 12.1 Å². The molecule has 0 radical (unpaired) electrons. The van der Waals surface area contributed by atoms with Crippen molar-refractivity contribution in [1.82, 2.24) is 20.2 Å². The molecule has 3 rings (SSSR count). The summed E-state index contributed by atoms with van der Waals surface area (Å²) in [6.07, 6.45) is 0. The third-order valence-electron chi connectivity index (χ3n) is 4.33. The summed E-state index contributed by atoms with van der Waals surface area (Å²) in [6.45, 7) is 6.13. The van der Waals surface area contributed by atoms with Crippen molar-refractivity contribution in [3.63, 3.8) is 0 Å². The minimum Gasteiger partial charge on any atom is -0.494 e. The van der Waals surface area contributed by atoms with Gasteiger partial charge in [0.15, 0.2) is 0 Å². The van der Waals surface area contributed by atoms with Crippen molar-refractivity contribution in [2.45, 2.75) is 25.9 Å². The zero-order chi connectivity index (χ0) is 21.7. The van der Waals surface area contributed by atoms with Crippen LogP contribution in [-0.4, -0.2) is 43.4 Å². The normalized spacial score (nSPS) is 10.6. The number of aryl methyl sites for hydroxylation is 1. The first-order valence-corrected chi connectivity index (χ1v) is 10.1. The lowest BCUT2D eigenvalue weighted by Crippen LogP contribution is -2.16. The average molecular weight is 428 g/mol. The van der Waals surface area contributed by atoms with Crippen LogP contribution in [0.1, 0.15) is 18.1 Å². The lowest BCUT2D eigenvalue weighted by molar-refractivity contribution is -0.384. The Kier molecular flexibility index (Phi) is 6.62. The second kappa shape index (κ2) is 9.35. The maximum absolute atomic E-state index is 12.4. The van der Waals surface area contributed by atoms with E-state index >= 15 is 0 Å². The molecule has 0 fully saturated rings. The molecule has 1 heterocycles. The number of thioether (sulfide) groups is 1. The van der Waals surface area contributed by atoms with E-state index in [9.17, 15) is 14.9 Å². The first-order valence-electron chi connectivity index (χ1n) is 9.09. The molecule has 10 nitrogen and oxygen atoms in total. The van der Waals surface area contributed by atoms with E-state index in [4.69, 9.17) is 4.74 Å². The number of ether oxygens (including phenoxy) is 1. The molecule has 11 heteroatoms. The first-order chi connectivity index (χ1) is 14.4. The number of hydrogen-bond acceptors (Lipinski definition) is 8. The van der Waals surface area contributed by atoms with Gasteiger partial charge in [-0.1, -0.05) is 23.9 Å². The summed E-state index contributed by atoms with van der Waals surface area (Å²) in [5.41, 5.74) is 2.81. The number of nitrogens with one attached hydrogen (secondary N) is 1. The van der Waals surface area contributed by atoms with Gasteiger partial charge < -0.3 is 10.1 Å². The Hall–Kier alpha value is -3.47. The van der Waals surface area contributed by atoms with Crippen LogP contribution in [0.3, 0.4) is 0 Å². The number of nitro benzene ring substituents is 1. The van der Waals surface area contributed by atoms with Crippen LogP contribution in [0.5, 0.6) is 5.75 Å². The molecule has 0 aliphatic heterocycles. The van der Waals surface area contributed by atoms with E-state index in [0.717, 1.165) is 28.6 Å². The molecule has 156 valence electrons. The highest BCUT2D eigenvalue weighted by atomic mass is 32.2. The predicted molar refractivity (Wildman–Crippen MR) is 112 cm³/mol. The number of anilines is 1. The fourth-order valence-corrected chi connectivity index (χ4v) is 3.41. The van der Waals surface area contributed by atoms with Gasteiger partial charge in [0.05, 0.1) is 29.0 Å². The lowest BCUT2D eigenvalue weighted by Gasteiger charge is -2.10. The summed E-state index contributed by atoms with van der Waals surface area (Å²) >= 11 is 1.14. The van der Waals surface area contributed by atoms with Crippen molar-refractivity contribution in [3.05, 3.63) is 57.6 Å². The van der Waals surface area contributed by atoms with Gasteiger partial charge in [0, 0.05) is 0 Å². The Morgan fingerprint density at radius 1 is 1.30 bits per heavy atom. The van der Waals surface area contributed by atoms with E-state index in [0.29, 0.717) is 17.5 Å². The minimum atomic E-state index is -0.563. The molecule has 0 aliphatic rings. The molecular formula is C19H20N6O4S. The molecule has 1 aromatic heterocycles. The van der Waals surface area contributed by atoms with Gasteiger partial charge in [0.2, 0.25) is 11.1 Å². The molecule has 0 unspecified atom stereocenters. The monoisotopic (exact) mass is 428 g/mol. The van der Waals surface area contributed by atoms with E-state index in [1.54, 1.807) is 17.7 Å². The van der Waals surface area contributed by atoms with Crippen molar-refractivity contribution in [1.29, 1.82) is 0 Å². The Morgan fingerprint density at radius 2 is 2.10 bits per heavy atom. The van der Waals surface area contributed by atoms with Crippen LogP contribution in [-0.2, 0) is 4.79 Å². The van der Waals surface area contributed by atoms with Crippen molar-refractivity contribution in [2.24, 2.45) is 0 Å². The number of nitro groups is 1. The van der Waals surface area contributed by atoms with E-state index in [-0.39, 0.29) is 17.1 Å². The van der Waals surface area contributed by atoms with Crippen LogP contribution in [0, 0.1) is 24.0 Å². The summed E-state index contributed by atoms with van der Waals surface area (Å²) < 4.78 is 6.85. The van der Waals surface area contributed by atoms with Crippen LogP contribution in [0.15, 0.2) is 41.6 Å². The molecule has 0 saturated carbocycles. The maximum atomic E-state index is 12.4. The molecular weight excluding hydrogens is 408 g/mol. The fourth-order valence-electron chi connectivity index (χ4n) is 2.73. The van der Waals surface area contributed by atoms with Crippen molar-refractivity contribution < 1.29 is 14.5 Å². The highest BCUT2D eigenvalue weighted by molar-refractivity contribution is 7.99. The second-order valence-corrected chi connectivity index (χ2v) is 7.24. The molecule has 1 amide bonds. The van der Waals surface area contributed by atoms with Crippen LogP contribution in [0.4, 0.5) is 11.4 Å². The number of aromatic nitrogens is 4. The van der Waals surface area contributed by atoms with E-state index in [2.05, 4.69) is 20.8 Å². The quantitative estimate of drug-likeness (QED) is 0.329. The molecule has 0 aliphatic carbocycles. The number of carbonyl (C=O) groups is 1. The standard InChI is InChI=1S/C19H20N6O4S/c1-4-29-14-8-9-15(17(10-14)25(27)28)20-18(26)11-30-19-21-22-23-24(19)16-7-5-6-12(2)13(16)3/h5-10H,4,11H2,1-3H3,(H,20,26). The van der Waals surface area contributed by atoms with Gasteiger partial charge in [-0.3, -0.25) is 14.9 Å². The molecule has 30 heavy (non-hydrogen) atoms. The summed E-state index contributed by atoms with van der Waals surface area (Å²) in [7, 11) is 0.